The summed E-state index contributed by atoms with van der Waals surface area (Å²) in [6, 6.07) is 8.18. The SMILES string of the molecule is CC(N)C(c1nc2ccccc2[nH]1)N(C)C. The average Bonchev–Trinajstić information content (AvgIpc) is 2.58. The third-order valence-corrected chi connectivity index (χ3v) is 2.74. The van der Waals surface area contributed by atoms with Crippen LogP contribution in [0.1, 0.15) is 18.8 Å². The Morgan fingerprint density at radius 2 is 2.00 bits per heavy atom. The molecule has 3 N–H and O–H groups in total. The van der Waals surface area contributed by atoms with Crippen molar-refractivity contribution < 1.29 is 0 Å². The summed E-state index contributed by atoms with van der Waals surface area (Å²) in [6.45, 7) is 2.00. The van der Waals surface area contributed by atoms with Crippen LogP contribution in [0.3, 0.4) is 0 Å². The maximum absolute atomic E-state index is 5.99. The molecule has 2 atom stereocenters. The summed E-state index contributed by atoms with van der Waals surface area (Å²) >= 11 is 0. The minimum atomic E-state index is 0.0376. The maximum Gasteiger partial charge on any atom is 0.126 e. The summed E-state index contributed by atoms with van der Waals surface area (Å²) in [5.41, 5.74) is 8.04. The van der Waals surface area contributed by atoms with E-state index in [0.29, 0.717) is 0 Å². The van der Waals surface area contributed by atoms with E-state index in [1.54, 1.807) is 0 Å². The number of hydrogen-bond acceptors (Lipinski definition) is 3. The van der Waals surface area contributed by atoms with Crippen LogP contribution >= 0.6 is 0 Å². The van der Waals surface area contributed by atoms with E-state index in [9.17, 15) is 0 Å². The zero-order valence-corrected chi connectivity index (χ0v) is 9.94. The van der Waals surface area contributed by atoms with Gasteiger partial charge >= 0.3 is 0 Å². The molecule has 0 aliphatic rings. The number of benzene rings is 1. The molecule has 1 aromatic carbocycles. The van der Waals surface area contributed by atoms with Gasteiger partial charge in [0.1, 0.15) is 5.82 Å². The standard InChI is InChI=1S/C12H18N4/c1-8(13)11(16(2)3)12-14-9-6-4-5-7-10(9)15-12/h4-8,11H,13H2,1-3H3,(H,14,15). The van der Waals surface area contributed by atoms with Crippen LogP contribution in [0.15, 0.2) is 24.3 Å². The predicted molar refractivity (Wildman–Crippen MR) is 66.2 cm³/mol. The quantitative estimate of drug-likeness (QED) is 0.821. The number of H-pyrrole nitrogens is 1. The van der Waals surface area contributed by atoms with Crippen molar-refractivity contribution in [2.45, 2.75) is 19.0 Å². The van der Waals surface area contributed by atoms with E-state index < -0.39 is 0 Å². The van der Waals surface area contributed by atoms with Gasteiger partial charge in [-0.05, 0) is 33.2 Å². The first-order valence-electron chi connectivity index (χ1n) is 5.46. The fourth-order valence-electron chi connectivity index (χ4n) is 2.08. The van der Waals surface area contributed by atoms with Crippen LogP contribution in [0, 0.1) is 0 Å². The summed E-state index contributed by atoms with van der Waals surface area (Å²) in [7, 11) is 4.03. The van der Waals surface area contributed by atoms with Gasteiger partial charge in [0, 0.05) is 6.04 Å². The van der Waals surface area contributed by atoms with Crippen molar-refractivity contribution >= 4 is 11.0 Å². The number of imidazole rings is 1. The van der Waals surface area contributed by atoms with Crippen LogP contribution in [0.5, 0.6) is 0 Å². The van der Waals surface area contributed by atoms with Crippen molar-refractivity contribution in [2.75, 3.05) is 14.1 Å². The maximum atomic E-state index is 5.99. The molecule has 86 valence electrons. The highest BCUT2D eigenvalue weighted by Gasteiger charge is 2.21. The summed E-state index contributed by atoms with van der Waals surface area (Å²) in [6.07, 6.45) is 0. The normalized spacial score (nSPS) is 15.6. The second kappa shape index (κ2) is 4.23. The van der Waals surface area contributed by atoms with Crippen LogP contribution in [-0.2, 0) is 0 Å². The van der Waals surface area contributed by atoms with Gasteiger partial charge in [0.2, 0.25) is 0 Å². The molecule has 2 unspecified atom stereocenters. The second-order valence-corrected chi connectivity index (χ2v) is 4.41. The van der Waals surface area contributed by atoms with Crippen LogP contribution in [0.2, 0.25) is 0 Å². The lowest BCUT2D eigenvalue weighted by atomic mass is 10.1. The number of hydrogen-bond donors (Lipinski definition) is 2. The third kappa shape index (κ3) is 1.94. The van der Waals surface area contributed by atoms with E-state index in [-0.39, 0.29) is 12.1 Å². The molecular formula is C12H18N4. The van der Waals surface area contributed by atoms with Gasteiger partial charge in [0.05, 0.1) is 17.1 Å². The number of fused-ring (bicyclic) bond motifs is 1. The van der Waals surface area contributed by atoms with Gasteiger partial charge in [-0.15, -0.1) is 0 Å². The molecule has 4 heteroatoms. The van der Waals surface area contributed by atoms with Gasteiger partial charge in [0.25, 0.3) is 0 Å². The van der Waals surface area contributed by atoms with Crippen molar-refractivity contribution in [1.82, 2.24) is 14.9 Å². The minimum Gasteiger partial charge on any atom is -0.341 e. The average molecular weight is 218 g/mol. The highest BCUT2D eigenvalue weighted by molar-refractivity contribution is 5.74. The van der Waals surface area contributed by atoms with E-state index in [4.69, 9.17) is 5.73 Å². The van der Waals surface area contributed by atoms with Crippen LogP contribution in [0.4, 0.5) is 0 Å². The van der Waals surface area contributed by atoms with Crippen molar-refractivity contribution in [1.29, 1.82) is 0 Å². The lowest BCUT2D eigenvalue weighted by Gasteiger charge is -2.25. The predicted octanol–water partition coefficient (Wildman–Crippen LogP) is 1.51. The highest BCUT2D eigenvalue weighted by atomic mass is 15.2. The van der Waals surface area contributed by atoms with Crippen molar-refractivity contribution in [2.24, 2.45) is 5.73 Å². The number of nitrogens with zero attached hydrogens (tertiary/aromatic N) is 2. The van der Waals surface area contributed by atoms with Gasteiger partial charge in [0.15, 0.2) is 0 Å². The Bertz CT molecular complexity index is 432. The Labute approximate surface area is 95.5 Å². The van der Waals surface area contributed by atoms with E-state index in [1.807, 2.05) is 45.3 Å². The van der Waals surface area contributed by atoms with Crippen LogP contribution in [0.25, 0.3) is 11.0 Å². The molecule has 0 radical (unpaired) electrons. The van der Waals surface area contributed by atoms with Crippen molar-refractivity contribution in [3.05, 3.63) is 30.1 Å². The summed E-state index contributed by atoms with van der Waals surface area (Å²) in [5, 5.41) is 0. The number of rotatable bonds is 3. The fourth-order valence-corrected chi connectivity index (χ4v) is 2.08. The zero-order chi connectivity index (χ0) is 11.7. The molecule has 0 spiro atoms. The summed E-state index contributed by atoms with van der Waals surface area (Å²) < 4.78 is 0. The largest absolute Gasteiger partial charge is 0.341 e. The number of aromatic amines is 1. The zero-order valence-electron chi connectivity index (χ0n) is 9.94. The molecule has 0 fully saturated rings. The lowest BCUT2D eigenvalue weighted by Crippen LogP contribution is -2.35. The first-order valence-corrected chi connectivity index (χ1v) is 5.46. The first-order chi connectivity index (χ1) is 7.59. The Hall–Kier alpha value is -1.39. The fraction of sp³-hybridized carbons (Fsp3) is 0.417. The van der Waals surface area contributed by atoms with Gasteiger partial charge < -0.3 is 10.7 Å². The van der Waals surface area contributed by atoms with Gasteiger partial charge in [-0.2, -0.15) is 0 Å². The van der Waals surface area contributed by atoms with E-state index >= 15 is 0 Å². The Balaban J connectivity index is 2.45. The Morgan fingerprint density at radius 1 is 1.31 bits per heavy atom. The number of para-hydroxylation sites is 2. The monoisotopic (exact) mass is 218 g/mol. The summed E-state index contributed by atoms with van der Waals surface area (Å²) in [4.78, 5) is 9.99. The molecule has 0 saturated heterocycles. The molecule has 2 aromatic rings. The van der Waals surface area contributed by atoms with Crippen molar-refractivity contribution in [3.8, 4) is 0 Å². The lowest BCUT2D eigenvalue weighted by molar-refractivity contribution is 0.256. The molecular weight excluding hydrogens is 200 g/mol. The van der Waals surface area contributed by atoms with Crippen LogP contribution in [-0.4, -0.2) is 35.0 Å². The number of nitrogens with one attached hydrogen (secondary N) is 1. The van der Waals surface area contributed by atoms with Gasteiger partial charge in [-0.25, -0.2) is 4.98 Å². The molecule has 1 aromatic heterocycles. The number of likely N-dealkylation sites (N-methyl/N-ethyl adjacent to an activating group) is 1. The molecule has 16 heavy (non-hydrogen) atoms. The van der Waals surface area contributed by atoms with Crippen LogP contribution < -0.4 is 5.73 Å². The summed E-state index contributed by atoms with van der Waals surface area (Å²) in [5.74, 6) is 0.932. The highest BCUT2D eigenvalue weighted by Crippen LogP contribution is 2.21. The first kappa shape index (κ1) is 11.1. The third-order valence-electron chi connectivity index (χ3n) is 2.74. The second-order valence-electron chi connectivity index (χ2n) is 4.41. The van der Waals surface area contributed by atoms with E-state index in [0.717, 1.165) is 16.9 Å². The topological polar surface area (TPSA) is 57.9 Å². The number of nitrogens with two attached hydrogens (primary N) is 1. The molecule has 2 rings (SSSR count). The van der Waals surface area contributed by atoms with Crippen molar-refractivity contribution in [3.63, 3.8) is 0 Å². The minimum absolute atomic E-state index is 0.0376. The molecule has 1 heterocycles. The number of aromatic nitrogens is 2. The molecule has 0 amide bonds. The molecule has 0 aliphatic heterocycles. The molecule has 4 nitrogen and oxygen atoms in total. The Kier molecular flexibility index (Phi) is 2.94. The molecule has 0 saturated carbocycles. The van der Waals surface area contributed by atoms with E-state index in [2.05, 4.69) is 14.9 Å². The Morgan fingerprint density at radius 3 is 2.56 bits per heavy atom. The molecule has 0 aliphatic carbocycles. The van der Waals surface area contributed by atoms with Gasteiger partial charge in [-0.1, -0.05) is 12.1 Å². The molecule has 0 bridgehead atoms. The van der Waals surface area contributed by atoms with Gasteiger partial charge in [-0.3, -0.25) is 4.90 Å². The van der Waals surface area contributed by atoms with E-state index in [1.165, 1.54) is 0 Å². The smallest absolute Gasteiger partial charge is 0.126 e.